The van der Waals surface area contributed by atoms with Gasteiger partial charge in [0.2, 0.25) is 0 Å². The van der Waals surface area contributed by atoms with E-state index in [2.05, 4.69) is 5.16 Å². The fourth-order valence-electron chi connectivity index (χ4n) is 1.73. The predicted molar refractivity (Wildman–Crippen MR) is 84.0 cm³/mol. The van der Waals surface area contributed by atoms with E-state index in [0.29, 0.717) is 31.7 Å². The van der Waals surface area contributed by atoms with Crippen LogP contribution in [0.3, 0.4) is 0 Å². The Morgan fingerprint density at radius 2 is 2.05 bits per heavy atom. The number of hydrogen-bond acceptors (Lipinski definition) is 5. The summed E-state index contributed by atoms with van der Waals surface area (Å²) in [5, 5.41) is 11.5. The Bertz CT molecular complexity index is 477. The monoisotopic (exact) mass is 311 g/mol. The van der Waals surface area contributed by atoms with Crippen LogP contribution in [0.1, 0.15) is 16.8 Å². The van der Waals surface area contributed by atoms with E-state index in [1.54, 1.807) is 35.9 Å². The van der Waals surface area contributed by atoms with Crippen molar-refractivity contribution in [3.8, 4) is 0 Å². The number of carbonyl (C=O) groups is 1. The summed E-state index contributed by atoms with van der Waals surface area (Å²) < 4.78 is 5.02. The third kappa shape index (κ3) is 5.65. The predicted octanol–water partition coefficient (Wildman–Crippen LogP) is 1.63. The number of amides is 1. The third-order valence-corrected chi connectivity index (χ3v) is 3.70. The van der Waals surface area contributed by atoms with E-state index in [1.807, 2.05) is 18.4 Å². The minimum absolute atomic E-state index is 0.0922. The number of thioether (sulfide) groups is 1. The van der Waals surface area contributed by atoms with Gasteiger partial charge < -0.3 is 20.6 Å². The average molecular weight is 311 g/mol. The second kappa shape index (κ2) is 9.25. The van der Waals surface area contributed by atoms with Crippen molar-refractivity contribution in [2.75, 3.05) is 33.1 Å². The normalized spacial score (nSPS) is 11.4. The van der Waals surface area contributed by atoms with Gasteiger partial charge in [-0.2, -0.15) is 0 Å². The topological polar surface area (TPSA) is 88.2 Å². The Balaban J connectivity index is 2.77. The molecule has 1 rings (SSSR count). The molecule has 1 aromatic rings. The lowest BCUT2D eigenvalue weighted by atomic mass is 10.2. The van der Waals surface area contributed by atoms with Crippen molar-refractivity contribution >= 4 is 23.5 Å². The number of rotatable bonds is 8. The number of hydrogen-bond donors (Lipinski definition) is 2. The van der Waals surface area contributed by atoms with E-state index in [1.165, 1.54) is 0 Å². The summed E-state index contributed by atoms with van der Waals surface area (Å²) in [6.45, 7) is 1.27. The molecule has 3 N–H and O–H groups in total. The number of nitrogens with zero attached hydrogens (tertiary/aromatic N) is 2. The van der Waals surface area contributed by atoms with E-state index in [-0.39, 0.29) is 11.7 Å². The maximum absolute atomic E-state index is 12.5. The van der Waals surface area contributed by atoms with Gasteiger partial charge in [0.25, 0.3) is 5.91 Å². The molecule has 0 aliphatic rings. The number of nitrogens with two attached hydrogens (primary N) is 1. The molecule has 0 aliphatic heterocycles. The first-order valence-electron chi connectivity index (χ1n) is 6.51. The van der Waals surface area contributed by atoms with E-state index in [0.717, 1.165) is 4.90 Å². The van der Waals surface area contributed by atoms with Crippen LogP contribution in [0.15, 0.2) is 34.3 Å². The molecule has 0 aromatic heterocycles. The van der Waals surface area contributed by atoms with Crippen LogP contribution >= 0.6 is 11.8 Å². The Morgan fingerprint density at radius 1 is 1.38 bits per heavy atom. The standard InChI is InChI=1S/C14H21N3O3S/c1-20-10-9-17(8-7-13(15)16-19)14(18)11-3-5-12(21-2)6-4-11/h3-6,19H,7-10H2,1-2H3,(H2,15,16). The van der Waals surface area contributed by atoms with Crippen LogP contribution in [-0.4, -0.2) is 54.9 Å². The van der Waals surface area contributed by atoms with Crippen LogP contribution in [0.4, 0.5) is 0 Å². The molecule has 21 heavy (non-hydrogen) atoms. The second-order valence-electron chi connectivity index (χ2n) is 4.35. The van der Waals surface area contributed by atoms with Crippen molar-refractivity contribution in [1.29, 1.82) is 0 Å². The molecule has 0 atom stereocenters. The summed E-state index contributed by atoms with van der Waals surface area (Å²) in [4.78, 5) is 15.2. The van der Waals surface area contributed by atoms with Crippen molar-refractivity contribution < 1.29 is 14.7 Å². The third-order valence-electron chi connectivity index (χ3n) is 2.96. The molecule has 0 aliphatic carbocycles. The van der Waals surface area contributed by atoms with Gasteiger partial charge in [-0.05, 0) is 30.5 Å². The Hall–Kier alpha value is -1.73. The molecule has 0 fully saturated rings. The Kier molecular flexibility index (Phi) is 7.63. The largest absolute Gasteiger partial charge is 0.409 e. The minimum Gasteiger partial charge on any atom is -0.409 e. The maximum Gasteiger partial charge on any atom is 0.253 e. The molecule has 0 radical (unpaired) electrons. The van der Waals surface area contributed by atoms with Crippen LogP contribution in [0.5, 0.6) is 0 Å². The Labute approximate surface area is 128 Å². The molecule has 0 unspecified atom stereocenters. The van der Waals surface area contributed by atoms with Crippen molar-refractivity contribution in [3.05, 3.63) is 29.8 Å². The fraction of sp³-hybridized carbons (Fsp3) is 0.429. The molecule has 1 aromatic carbocycles. The van der Waals surface area contributed by atoms with E-state index in [4.69, 9.17) is 15.7 Å². The van der Waals surface area contributed by atoms with Gasteiger partial charge >= 0.3 is 0 Å². The van der Waals surface area contributed by atoms with Gasteiger partial charge in [-0.3, -0.25) is 4.79 Å². The first kappa shape index (κ1) is 17.3. The van der Waals surface area contributed by atoms with Crippen LogP contribution in [-0.2, 0) is 4.74 Å². The first-order valence-corrected chi connectivity index (χ1v) is 7.73. The van der Waals surface area contributed by atoms with Crippen LogP contribution in [0.25, 0.3) is 0 Å². The van der Waals surface area contributed by atoms with Crippen molar-refractivity contribution in [1.82, 2.24) is 4.90 Å². The molecular formula is C14H21N3O3S. The molecule has 6 nitrogen and oxygen atoms in total. The summed E-state index contributed by atoms with van der Waals surface area (Å²) in [6, 6.07) is 7.43. The van der Waals surface area contributed by atoms with Gasteiger partial charge in [0.15, 0.2) is 0 Å². The molecule has 1 amide bonds. The highest BCUT2D eigenvalue weighted by Gasteiger charge is 2.15. The van der Waals surface area contributed by atoms with E-state index in [9.17, 15) is 4.79 Å². The van der Waals surface area contributed by atoms with Crippen molar-refractivity contribution in [2.24, 2.45) is 10.9 Å². The maximum atomic E-state index is 12.5. The minimum atomic E-state index is -0.0922. The lowest BCUT2D eigenvalue weighted by molar-refractivity contribution is 0.0700. The van der Waals surface area contributed by atoms with Gasteiger partial charge in [-0.15, -0.1) is 11.8 Å². The van der Waals surface area contributed by atoms with E-state index < -0.39 is 0 Å². The van der Waals surface area contributed by atoms with Crippen LogP contribution < -0.4 is 5.73 Å². The SMILES string of the molecule is COCCN(CCC(N)=NO)C(=O)c1ccc(SC)cc1. The summed E-state index contributed by atoms with van der Waals surface area (Å²) in [7, 11) is 1.58. The molecule has 7 heteroatoms. The number of ether oxygens (including phenoxy) is 1. The van der Waals surface area contributed by atoms with Crippen molar-refractivity contribution in [2.45, 2.75) is 11.3 Å². The van der Waals surface area contributed by atoms with Gasteiger partial charge in [0.05, 0.1) is 6.61 Å². The zero-order valence-electron chi connectivity index (χ0n) is 12.3. The molecule has 0 bridgehead atoms. The Morgan fingerprint density at radius 3 is 2.57 bits per heavy atom. The van der Waals surface area contributed by atoms with Crippen molar-refractivity contribution in [3.63, 3.8) is 0 Å². The first-order chi connectivity index (χ1) is 10.1. The summed E-state index contributed by atoms with van der Waals surface area (Å²) in [5.41, 5.74) is 6.07. The second-order valence-corrected chi connectivity index (χ2v) is 5.23. The van der Waals surface area contributed by atoms with Gasteiger partial charge in [0.1, 0.15) is 5.84 Å². The number of carbonyl (C=O) groups excluding carboxylic acids is 1. The van der Waals surface area contributed by atoms with Crippen LogP contribution in [0, 0.1) is 0 Å². The zero-order valence-corrected chi connectivity index (χ0v) is 13.1. The molecule has 0 heterocycles. The molecule has 116 valence electrons. The number of oxime groups is 1. The fourth-order valence-corrected chi connectivity index (χ4v) is 2.14. The smallest absolute Gasteiger partial charge is 0.253 e. The highest BCUT2D eigenvalue weighted by molar-refractivity contribution is 7.98. The van der Waals surface area contributed by atoms with Crippen LogP contribution in [0.2, 0.25) is 0 Å². The number of methoxy groups -OCH3 is 1. The van der Waals surface area contributed by atoms with E-state index >= 15 is 0 Å². The molecular weight excluding hydrogens is 290 g/mol. The molecule has 0 spiro atoms. The summed E-state index contributed by atoms with van der Waals surface area (Å²) in [5.74, 6) is 0.00777. The number of amidine groups is 1. The van der Waals surface area contributed by atoms with Gasteiger partial charge in [-0.1, -0.05) is 5.16 Å². The highest BCUT2D eigenvalue weighted by Crippen LogP contribution is 2.16. The molecule has 0 saturated heterocycles. The average Bonchev–Trinajstić information content (AvgIpc) is 2.54. The molecule has 0 saturated carbocycles. The lowest BCUT2D eigenvalue weighted by Gasteiger charge is -2.22. The highest BCUT2D eigenvalue weighted by atomic mass is 32.2. The summed E-state index contributed by atoms with van der Waals surface area (Å²) >= 11 is 1.62. The lowest BCUT2D eigenvalue weighted by Crippen LogP contribution is -2.36. The number of benzene rings is 1. The summed E-state index contributed by atoms with van der Waals surface area (Å²) in [6.07, 6.45) is 2.30. The van der Waals surface area contributed by atoms with Gasteiger partial charge in [0, 0.05) is 37.1 Å². The zero-order chi connectivity index (χ0) is 15.7. The quantitative estimate of drug-likeness (QED) is 0.250. The van der Waals surface area contributed by atoms with Gasteiger partial charge in [-0.25, -0.2) is 0 Å².